The third-order valence-corrected chi connectivity index (χ3v) is 4.99. The number of thiol groups is 1. The van der Waals surface area contributed by atoms with Gasteiger partial charge in [-0.25, -0.2) is 19.3 Å². The van der Waals surface area contributed by atoms with Gasteiger partial charge in [0.15, 0.2) is 11.5 Å². The number of aliphatic hydroxyl groups excluding tert-OH is 1. The summed E-state index contributed by atoms with van der Waals surface area (Å²) >= 11 is 9.50. The molecule has 0 spiro atoms. The number of aromatic nitrogens is 8. The lowest BCUT2D eigenvalue weighted by molar-refractivity contribution is -0.141. The molecule has 4 aromatic rings. The van der Waals surface area contributed by atoms with Crippen molar-refractivity contribution in [3.05, 3.63) is 33.6 Å². The van der Waals surface area contributed by atoms with Crippen molar-refractivity contribution >= 4 is 42.4 Å². The van der Waals surface area contributed by atoms with E-state index < -0.39 is 51.9 Å². The quantitative estimate of drug-likeness (QED) is 0.252. The Morgan fingerprint density at radius 3 is 2.47 bits per heavy atom. The third-order valence-electron chi connectivity index (χ3n) is 4.36. The van der Waals surface area contributed by atoms with Gasteiger partial charge in [0.05, 0.1) is 10.9 Å². The molecule has 0 saturated carbocycles. The normalized spacial score (nSPS) is 14.2. The highest BCUT2D eigenvalue weighted by Gasteiger charge is 2.35. The molecule has 0 radical (unpaired) electrons. The van der Waals surface area contributed by atoms with Gasteiger partial charge in [-0.05, 0) is 19.9 Å². The van der Waals surface area contributed by atoms with E-state index in [4.69, 9.17) is 12.2 Å². The van der Waals surface area contributed by atoms with E-state index in [1.165, 1.54) is 6.92 Å². The molecule has 4 rings (SSSR count). The molecule has 2 unspecified atom stereocenters. The van der Waals surface area contributed by atoms with Crippen LogP contribution in [0.2, 0.25) is 0 Å². The molecule has 0 aliphatic rings. The monoisotopic (exact) mass is 486 g/mol. The first kappa shape index (κ1) is 22.1. The lowest BCUT2D eigenvalue weighted by atomic mass is 10.1. The molecule has 32 heavy (non-hydrogen) atoms. The molecule has 0 aliphatic heterocycles. The summed E-state index contributed by atoms with van der Waals surface area (Å²) in [6, 6.07) is 0.586. The molecule has 2 atom stereocenters. The Morgan fingerprint density at radius 1 is 1.22 bits per heavy atom. The Hall–Kier alpha value is -3.11. The topological polar surface area (TPSA) is 147 Å². The van der Waals surface area contributed by atoms with Crippen LogP contribution in [0.3, 0.4) is 0 Å². The first-order valence-electron chi connectivity index (χ1n) is 8.86. The molecule has 4 aromatic heterocycles. The maximum atomic E-state index is 13.5. The standard InChI is InChI=1S/C16H13F3N8O3S2/c1-4(28)10-22-14-20-7(16(17,18)19)3-6(26(14)24-10)9-8(13(29)30)12(32)27-15(21-9)23-11(25-27)5(2)31/h3-5,28,31H,1-2H3,(H,29,30)(H,21,23,25). The van der Waals surface area contributed by atoms with Gasteiger partial charge in [0.1, 0.15) is 27.8 Å². The zero-order valence-electron chi connectivity index (χ0n) is 16.2. The van der Waals surface area contributed by atoms with E-state index in [-0.39, 0.29) is 16.2 Å². The molecule has 11 nitrogen and oxygen atoms in total. The molecule has 0 bridgehead atoms. The highest BCUT2D eigenvalue weighted by atomic mass is 32.1. The van der Waals surface area contributed by atoms with Crippen LogP contribution >= 0.6 is 24.8 Å². The number of carboxylic acids is 1. The molecule has 0 aliphatic carbocycles. The van der Waals surface area contributed by atoms with E-state index in [0.717, 1.165) is 9.03 Å². The van der Waals surface area contributed by atoms with Crippen molar-refractivity contribution in [3.8, 4) is 11.4 Å². The summed E-state index contributed by atoms with van der Waals surface area (Å²) in [5.41, 5.74) is -2.73. The molecular weight excluding hydrogens is 473 g/mol. The van der Waals surface area contributed by atoms with Crippen molar-refractivity contribution in [2.45, 2.75) is 31.4 Å². The average molecular weight is 486 g/mol. The van der Waals surface area contributed by atoms with Crippen molar-refractivity contribution in [2.24, 2.45) is 0 Å². The summed E-state index contributed by atoms with van der Waals surface area (Å²) in [6.07, 6.45) is -6.10. The lowest BCUT2D eigenvalue weighted by Gasteiger charge is -2.11. The minimum Gasteiger partial charge on any atom is -0.478 e. The number of halogens is 3. The van der Waals surface area contributed by atoms with E-state index in [0.29, 0.717) is 11.9 Å². The number of nitrogens with one attached hydrogen (secondary N) is 1. The van der Waals surface area contributed by atoms with Crippen LogP contribution in [0, 0.1) is 4.64 Å². The van der Waals surface area contributed by atoms with Crippen LogP contribution in [-0.2, 0) is 6.18 Å². The van der Waals surface area contributed by atoms with Crippen molar-refractivity contribution in [1.82, 2.24) is 39.2 Å². The van der Waals surface area contributed by atoms with E-state index in [1.54, 1.807) is 6.92 Å². The fourth-order valence-corrected chi connectivity index (χ4v) is 3.30. The summed E-state index contributed by atoms with van der Waals surface area (Å²) in [5, 5.41) is 25.9. The lowest BCUT2D eigenvalue weighted by Crippen LogP contribution is -2.14. The Balaban J connectivity index is 2.15. The molecule has 0 fully saturated rings. The Morgan fingerprint density at radius 2 is 1.91 bits per heavy atom. The van der Waals surface area contributed by atoms with Gasteiger partial charge in [-0.2, -0.15) is 40.3 Å². The van der Waals surface area contributed by atoms with E-state index in [1.807, 2.05) is 0 Å². The van der Waals surface area contributed by atoms with Gasteiger partial charge in [-0.3, -0.25) is 5.10 Å². The molecule has 3 N–H and O–H groups in total. The largest absolute Gasteiger partial charge is 0.478 e. The summed E-state index contributed by atoms with van der Waals surface area (Å²) in [4.78, 5) is 27.6. The van der Waals surface area contributed by atoms with Crippen LogP contribution < -0.4 is 0 Å². The first-order valence-corrected chi connectivity index (χ1v) is 9.78. The SMILES string of the molecule is CC(O)c1nc2nc(C(F)(F)F)cc(-c3nc4nc(C(C)S)[nH]n4c(=S)c3C(=O)O)n2n1. The molecule has 16 heteroatoms. The van der Waals surface area contributed by atoms with Gasteiger partial charge in [-0.15, -0.1) is 5.10 Å². The second-order valence-electron chi connectivity index (χ2n) is 6.75. The van der Waals surface area contributed by atoms with Gasteiger partial charge in [0, 0.05) is 0 Å². The fourth-order valence-electron chi connectivity index (χ4n) is 2.87. The number of hydrogen-bond acceptors (Lipinski definition) is 9. The number of carboxylic acid groups (broad SMARTS) is 1. The highest BCUT2D eigenvalue weighted by molar-refractivity contribution is 7.80. The minimum atomic E-state index is -4.88. The molecule has 168 valence electrons. The molecule has 0 saturated heterocycles. The third kappa shape index (κ3) is 3.59. The van der Waals surface area contributed by atoms with Crippen LogP contribution in [0.5, 0.6) is 0 Å². The Kier molecular flexibility index (Phi) is 5.17. The zero-order valence-corrected chi connectivity index (χ0v) is 17.9. The summed E-state index contributed by atoms with van der Waals surface area (Å²) in [7, 11) is 0. The smallest absolute Gasteiger partial charge is 0.433 e. The maximum absolute atomic E-state index is 13.5. The number of hydrogen-bond donors (Lipinski definition) is 4. The number of aromatic carboxylic acids is 1. The number of aromatic amines is 1. The average Bonchev–Trinajstić information content (AvgIpc) is 3.30. The minimum absolute atomic E-state index is 0.0831. The highest BCUT2D eigenvalue weighted by Crippen LogP contribution is 2.32. The Labute approximate surface area is 186 Å². The molecule has 4 heterocycles. The van der Waals surface area contributed by atoms with Gasteiger partial charge in [0.25, 0.3) is 11.6 Å². The van der Waals surface area contributed by atoms with E-state index in [2.05, 4.69) is 42.8 Å². The predicted octanol–water partition coefficient (Wildman–Crippen LogP) is 2.65. The summed E-state index contributed by atoms with van der Waals surface area (Å²) < 4.78 is 42.2. The fraction of sp³-hybridized carbons (Fsp3) is 0.312. The van der Waals surface area contributed by atoms with Crippen LogP contribution in [-0.4, -0.2) is 55.3 Å². The van der Waals surface area contributed by atoms with Crippen LogP contribution in [0.4, 0.5) is 13.2 Å². The Bertz CT molecular complexity index is 1440. The van der Waals surface area contributed by atoms with Crippen molar-refractivity contribution in [1.29, 1.82) is 0 Å². The number of rotatable bonds is 4. The molecule has 0 aromatic carbocycles. The number of carbonyl (C=O) groups is 1. The predicted molar refractivity (Wildman–Crippen MR) is 108 cm³/mol. The van der Waals surface area contributed by atoms with Crippen molar-refractivity contribution < 1.29 is 28.2 Å². The summed E-state index contributed by atoms with van der Waals surface area (Å²) in [6.45, 7) is 3.01. The number of fused-ring (bicyclic) bond motifs is 2. The molecule has 0 amide bonds. The number of nitrogens with zero attached hydrogens (tertiary/aromatic N) is 7. The number of H-pyrrole nitrogens is 1. The van der Waals surface area contributed by atoms with Gasteiger partial charge >= 0.3 is 12.1 Å². The van der Waals surface area contributed by atoms with Gasteiger partial charge in [0.2, 0.25) is 0 Å². The number of alkyl halides is 3. The zero-order chi connectivity index (χ0) is 23.5. The number of aliphatic hydroxyl groups is 1. The van der Waals surface area contributed by atoms with E-state index in [9.17, 15) is 28.2 Å². The molecular formula is C16H13F3N8O3S2. The van der Waals surface area contributed by atoms with Crippen LogP contribution in [0.25, 0.3) is 22.9 Å². The van der Waals surface area contributed by atoms with Crippen LogP contribution in [0.1, 0.15) is 52.9 Å². The van der Waals surface area contributed by atoms with Gasteiger partial charge < -0.3 is 10.2 Å². The maximum Gasteiger partial charge on any atom is 0.433 e. The summed E-state index contributed by atoms with van der Waals surface area (Å²) in [5.74, 6) is -2.02. The van der Waals surface area contributed by atoms with E-state index >= 15 is 0 Å². The first-order chi connectivity index (χ1) is 14.9. The second-order valence-corrected chi connectivity index (χ2v) is 7.91. The van der Waals surface area contributed by atoms with Gasteiger partial charge in [-0.1, -0.05) is 12.2 Å². The van der Waals surface area contributed by atoms with Crippen molar-refractivity contribution in [2.75, 3.05) is 0 Å². The second kappa shape index (κ2) is 7.49. The van der Waals surface area contributed by atoms with Crippen molar-refractivity contribution in [3.63, 3.8) is 0 Å². The van der Waals surface area contributed by atoms with Crippen LogP contribution in [0.15, 0.2) is 6.07 Å².